The molecule has 1 N–H and O–H groups in total. The van der Waals surface area contributed by atoms with Crippen molar-refractivity contribution in [1.29, 1.82) is 0 Å². The number of carbonyl (C=O) groups excluding carboxylic acids is 1. The van der Waals surface area contributed by atoms with Crippen molar-refractivity contribution < 1.29 is 31.5 Å². The molecule has 0 aromatic heterocycles. The number of carboxylic acids is 1. The Morgan fingerprint density at radius 3 is 2.00 bits per heavy atom. The van der Waals surface area contributed by atoms with Crippen molar-refractivity contribution in [2.24, 2.45) is 9.98 Å². The SMILES string of the molecule is C[C@H](NC(C)(C)C([O-])=Nc1ccccc1C(=N[C@H](C)C(=O)[O-])c1ccccc1)c1ccccc1.[Ni+2]. The molecule has 2 atom stereocenters. The zero-order chi connectivity index (χ0) is 24.7. The predicted molar refractivity (Wildman–Crippen MR) is 132 cm³/mol. The first-order valence-electron chi connectivity index (χ1n) is 11.2. The molecule has 6 nitrogen and oxygen atoms in total. The Hall–Kier alpha value is -3.28. The van der Waals surface area contributed by atoms with E-state index in [1.54, 1.807) is 32.0 Å². The van der Waals surface area contributed by atoms with Gasteiger partial charge in [-0.15, -0.1) is 0 Å². The molecular weight excluding hydrogens is 485 g/mol. The zero-order valence-corrected chi connectivity index (χ0v) is 21.2. The van der Waals surface area contributed by atoms with Gasteiger partial charge in [0.25, 0.3) is 0 Å². The Morgan fingerprint density at radius 1 is 0.857 bits per heavy atom. The van der Waals surface area contributed by atoms with Gasteiger partial charge in [0.1, 0.15) is 0 Å². The van der Waals surface area contributed by atoms with E-state index in [1.807, 2.05) is 73.7 Å². The summed E-state index contributed by atoms with van der Waals surface area (Å²) >= 11 is 0. The van der Waals surface area contributed by atoms with Gasteiger partial charge in [0.15, 0.2) is 0 Å². The van der Waals surface area contributed by atoms with E-state index in [1.165, 1.54) is 6.92 Å². The second-order valence-corrected chi connectivity index (χ2v) is 8.67. The van der Waals surface area contributed by atoms with Crippen LogP contribution in [0.5, 0.6) is 0 Å². The smallest absolute Gasteiger partial charge is 0.860 e. The predicted octanol–water partition coefficient (Wildman–Crippen LogP) is 3.18. The van der Waals surface area contributed by atoms with E-state index in [0.29, 0.717) is 17.0 Å². The van der Waals surface area contributed by atoms with Gasteiger partial charge in [-0.1, -0.05) is 78.9 Å². The van der Waals surface area contributed by atoms with Crippen LogP contribution in [0.25, 0.3) is 0 Å². The molecule has 0 aliphatic heterocycles. The molecule has 3 aromatic carbocycles. The van der Waals surface area contributed by atoms with Crippen molar-refractivity contribution in [3.63, 3.8) is 0 Å². The summed E-state index contributed by atoms with van der Waals surface area (Å²) in [4.78, 5) is 20.2. The number of hydrogen-bond donors (Lipinski definition) is 1. The van der Waals surface area contributed by atoms with Crippen LogP contribution in [0.15, 0.2) is 94.9 Å². The van der Waals surface area contributed by atoms with Crippen molar-refractivity contribution in [2.75, 3.05) is 0 Å². The molecule has 7 heteroatoms. The minimum Gasteiger partial charge on any atom is -0.860 e. The van der Waals surface area contributed by atoms with E-state index < -0.39 is 17.6 Å². The maximum Gasteiger partial charge on any atom is 2.00 e. The van der Waals surface area contributed by atoms with Crippen molar-refractivity contribution >= 4 is 23.3 Å². The first-order chi connectivity index (χ1) is 16.2. The summed E-state index contributed by atoms with van der Waals surface area (Å²) in [5, 5.41) is 28.0. The summed E-state index contributed by atoms with van der Waals surface area (Å²) in [6.45, 7) is 7.05. The number of aliphatic carboxylic acids is 1. The first kappa shape index (κ1) is 28.0. The van der Waals surface area contributed by atoms with Gasteiger partial charge in [-0.25, -0.2) is 0 Å². The third kappa shape index (κ3) is 7.35. The van der Waals surface area contributed by atoms with Crippen LogP contribution >= 0.6 is 0 Å². The number of benzene rings is 3. The van der Waals surface area contributed by atoms with Crippen molar-refractivity contribution in [1.82, 2.24) is 5.32 Å². The molecule has 0 fully saturated rings. The minimum absolute atomic E-state index is 0. The minimum atomic E-state index is -1.28. The second-order valence-electron chi connectivity index (χ2n) is 8.67. The van der Waals surface area contributed by atoms with Crippen LogP contribution in [-0.2, 0) is 21.3 Å². The Kier molecular flexibility index (Phi) is 9.93. The molecule has 0 bridgehead atoms. The molecule has 0 amide bonds. The normalized spacial score (nSPS) is 14.1. The van der Waals surface area contributed by atoms with Gasteiger partial charge < -0.3 is 20.3 Å². The summed E-state index contributed by atoms with van der Waals surface area (Å²) < 4.78 is 0. The molecule has 0 saturated carbocycles. The van der Waals surface area contributed by atoms with Gasteiger partial charge in [-0.2, -0.15) is 0 Å². The molecule has 0 saturated heterocycles. The van der Waals surface area contributed by atoms with Crippen LogP contribution in [-0.4, -0.2) is 29.2 Å². The molecular formula is C28H29N3NiO3. The number of hydrogen-bond acceptors (Lipinski definition) is 6. The summed E-state index contributed by atoms with van der Waals surface area (Å²) in [6, 6.07) is 25.1. The largest absolute Gasteiger partial charge is 2.00 e. The van der Waals surface area contributed by atoms with Crippen LogP contribution in [0, 0.1) is 0 Å². The summed E-state index contributed by atoms with van der Waals surface area (Å²) in [7, 11) is 0. The topological polar surface area (TPSA) is 99.9 Å². The van der Waals surface area contributed by atoms with Gasteiger partial charge in [-0.05, 0) is 45.2 Å². The standard InChI is InChI=1S/C28H31N3O3.Ni/c1-19(21-13-7-5-8-14-21)31-28(3,4)27(34)30-24-18-12-11-17-23(24)25(29-20(2)26(32)33)22-15-9-6-10-16-22;/h5-20,31H,1-4H3,(H,30,34)(H,32,33);/q;+2/p-2/t19-,20+;/m0./s1. The molecule has 0 spiro atoms. The monoisotopic (exact) mass is 513 g/mol. The number of nitrogens with one attached hydrogen (secondary N) is 1. The molecule has 3 rings (SSSR count). The third-order valence-electron chi connectivity index (χ3n) is 5.50. The number of nitrogens with zero attached hydrogens (tertiary/aromatic N) is 2. The van der Waals surface area contributed by atoms with Crippen LogP contribution < -0.4 is 15.5 Å². The van der Waals surface area contributed by atoms with E-state index in [0.717, 1.165) is 11.1 Å². The summed E-state index contributed by atoms with van der Waals surface area (Å²) in [5.41, 5.74) is 2.28. The van der Waals surface area contributed by atoms with Gasteiger partial charge in [0.05, 0.1) is 23.4 Å². The first-order valence-corrected chi connectivity index (χ1v) is 11.2. The van der Waals surface area contributed by atoms with Crippen LogP contribution in [0.3, 0.4) is 0 Å². The Labute approximate surface area is 216 Å². The number of aliphatic imine (C=N–C) groups is 2. The van der Waals surface area contributed by atoms with Crippen LogP contribution in [0.4, 0.5) is 5.69 Å². The molecule has 184 valence electrons. The molecule has 0 radical (unpaired) electrons. The maximum absolute atomic E-state index is 13.3. The second kappa shape index (κ2) is 12.4. The number of carbonyl (C=O) groups is 1. The molecule has 0 aliphatic rings. The van der Waals surface area contributed by atoms with Gasteiger partial charge in [0, 0.05) is 22.7 Å². The third-order valence-corrected chi connectivity index (χ3v) is 5.50. The van der Waals surface area contributed by atoms with E-state index in [2.05, 4.69) is 15.3 Å². The number of carboxylic acid groups (broad SMARTS) is 1. The van der Waals surface area contributed by atoms with Gasteiger partial charge in [0.2, 0.25) is 0 Å². The van der Waals surface area contributed by atoms with E-state index >= 15 is 0 Å². The number of para-hydroxylation sites is 1. The van der Waals surface area contributed by atoms with Crippen molar-refractivity contribution in [3.05, 3.63) is 102 Å². The van der Waals surface area contributed by atoms with E-state index in [4.69, 9.17) is 0 Å². The summed E-state index contributed by atoms with van der Waals surface area (Å²) in [5.74, 6) is -1.62. The molecule has 35 heavy (non-hydrogen) atoms. The number of rotatable bonds is 9. The summed E-state index contributed by atoms with van der Waals surface area (Å²) in [6.07, 6.45) is 0. The van der Waals surface area contributed by atoms with E-state index in [-0.39, 0.29) is 28.4 Å². The molecule has 0 unspecified atom stereocenters. The average molecular weight is 514 g/mol. The molecule has 0 heterocycles. The fourth-order valence-electron chi connectivity index (χ4n) is 3.59. The van der Waals surface area contributed by atoms with Crippen LogP contribution in [0.2, 0.25) is 0 Å². The maximum atomic E-state index is 13.3. The van der Waals surface area contributed by atoms with Gasteiger partial charge >= 0.3 is 16.5 Å². The molecule has 3 aromatic rings. The van der Waals surface area contributed by atoms with Gasteiger partial charge in [-0.3, -0.25) is 9.98 Å². The Morgan fingerprint density at radius 2 is 1.40 bits per heavy atom. The Balaban J connectivity index is 0.00000432. The van der Waals surface area contributed by atoms with Crippen LogP contribution in [0.1, 0.15) is 50.4 Å². The van der Waals surface area contributed by atoms with Crippen molar-refractivity contribution in [3.8, 4) is 0 Å². The zero-order valence-electron chi connectivity index (χ0n) is 20.2. The van der Waals surface area contributed by atoms with Crippen molar-refractivity contribution in [2.45, 2.75) is 45.3 Å². The fourth-order valence-corrected chi connectivity index (χ4v) is 3.59. The fraction of sp³-hybridized carbons (Fsp3) is 0.250. The Bertz CT molecular complexity index is 1180. The molecule has 0 aliphatic carbocycles. The van der Waals surface area contributed by atoms with E-state index in [9.17, 15) is 15.0 Å². The average Bonchev–Trinajstić information content (AvgIpc) is 2.83. The quantitative estimate of drug-likeness (QED) is 0.270.